The summed E-state index contributed by atoms with van der Waals surface area (Å²) < 4.78 is 19.7. The number of amides is 1. The number of rotatable bonds is 7. The number of aromatic amines is 1. The Morgan fingerprint density at radius 1 is 1.13 bits per heavy atom. The number of carbonyl (C=O) groups excluding carboxylic acids is 1. The topological polar surface area (TPSA) is 104 Å². The normalized spacial score (nSPS) is 10.6. The molecule has 2 heterocycles. The van der Waals surface area contributed by atoms with Crippen LogP contribution in [0.25, 0.3) is 10.9 Å². The first kappa shape index (κ1) is 19.2. The van der Waals surface area contributed by atoms with E-state index in [1.165, 1.54) is 7.05 Å². The highest BCUT2D eigenvalue weighted by Gasteiger charge is 2.09. The number of aromatic nitrogens is 3. The number of halogens is 1. The summed E-state index contributed by atoms with van der Waals surface area (Å²) in [4.78, 5) is 22.6. The average Bonchev–Trinajstić information content (AvgIpc) is 3.22. The van der Waals surface area contributed by atoms with E-state index in [-0.39, 0.29) is 24.3 Å². The Kier molecular flexibility index (Phi) is 5.42. The van der Waals surface area contributed by atoms with Gasteiger partial charge in [-0.15, -0.1) is 0 Å². The molecule has 0 aliphatic rings. The summed E-state index contributed by atoms with van der Waals surface area (Å²) in [5.41, 5.74) is 2.33. The SMILES string of the molecule is CNC(=O)COc1cccc(Nc2ncc(F)c(Nc3ccc4[nH]ccc4c3)n2)c1. The fourth-order valence-electron chi connectivity index (χ4n) is 2.80. The largest absolute Gasteiger partial charge is 0.484 e. The molecule has 4 aromatic rings. The Bertz CT molecular complexity index is 1190. The van der Waals surface area contributed by atoms with Crippen molar-refractivity contribution in [2.24, 2.45) is 0 Å². The Morgan fingerprint density at radius 2 is 2.00 bits per heavy atom. The predicted molar refractivity (Wildman–Crippen MR) is 113 cm³/mol. The number of nitrogens with one attached hydrogen (secondary N) is 4. The van der Waals surface area contributed by atoms with Crippen LogP contribution in [0.1, 0.15) is 0 Å². The van der Waals surface area contributed by atoms with E-state index >= 15 is 0 Å². The van der Waals surface area contributed by atoms with E-state index in [0.717, 1.165) is 17.1 Å². The summed E-state index contributed by atoms with van der Waals surface area (Å²) in [6, 6.07) is 14.5. The number of benzene rings is 2. The third-order valence-corrected chi connectivity index (χ3v) is 4.30. The second-order valence-corrected chi connectivity index (χ2v) is 6.41. The highest BCUT2D eigenvalue weighted by Crippen LogP contribution is 2.24. The van der Waals surface area contributed by atoms with Gasteiger partial charge in [0.2, 0.25) is 5.95 Å². The van der Waals surface area contributed by atoms with Crippen LogP contribution < -0.4 is 20.7 Å². The van der Waals surface area contributed by atoms with Crippen LogP contribution in [0.4, 0.5) is 27.5 Å². The van der Waals surface area contributed by atoms with Crippen molar-refractivity contribution < 1.29 is 13.9 Å². The second-order valence-electron chi connectivity index (χ2n) is 6.41. The van der Waals surface area contributed by atoms with Gasteiger partial charge >= 0.3 is 0 Å². The molecule has 0 unspecified atom stereocenters. The molecule has 8 nitrogen and oxygen atoms in total. The molecule has 0 spiro atoms. The summed E-state index contributed by atoms with van der Waals surface area (Å²) in [5, 5.41) is 9.48. The highest BCUT2D eigenvalue weighted by atomic mass is 19.1. The van der Waals surface area contributed by atoms with Crippen molar-refractivity contribution in [1.29, 1.82) is 0 Å². The van der Waals surface area contributed by atoms with Gasteiger partial charge in [-0.2, -0.15) is 4.98 Å². The maximum absolute atomic E-state index is 14.2. The molecule has 0 aliphatic heterocycles. The summed E-state index contributed by atoms with van der Waals surface area (Å²) in [6.45, 7) is -0.0907. The maximum atomic E-state index is 14.2. The lowest BCUT2D eigenvalue weighted by Gasteiger charge is -2.11. The molecule has 152 valence electrons. The van der Waals surface area contributed by atoms with Gasteiger partial charge in [0.1, 0.15) is 5.75 Å². The van der Waals surface area contributed by atoms with Gasteiger partial charge in [-0.3, -0.25) is 4.79 Å². The summed E-state index contributed by atoms with van der Waals surface area (Å²) in [7, 11) is 1.54. The lowest BCUT2D eigenvalue weighted by atomic mass is 10.2. The zero-order chi connectivity index (χ0) is 20.9. The van der Waals surface area contributed by atoms with Crippen molar-refractivity contribution in [3.8, 4) is 5.75 Å². The fraction of sp³-hybridized carbons (Fsp3) is 0.0952. The molecule has 0 radical (unpaired) electrons. The first-order valence-electron chi connectivity index (χ1n) is 9.18. The van der Waals surface area contributed by atoms with Gasteiger partial charge in [0.05, 0.1) is 6.20 Å². The van der Waals surface area contributed by atoms with E-state index in [0.29, 0.717) is 17.1 Å². The number of ether oxygens (including phenoxy) is 1. The van der Waals surface area contributed by atoms with Crippen LogP contribution in [0.3, 0.4) is 0 Å². The molecule has 0 atom stereocenters. The zero-order valence-electron chi connectivity index (χ0n) is 16.1. The van der Waals surface area contributed by atoms with Gasteiger partial charge in [0.15, 0.2) is 18.2 Å². The quantitative estimate of drug-likeness (QED) is 0.373. The minimum Gasteiger partial charge on any atom is -0.484 e. The lowest BCUT2D eigenvalue weighted by molar-refractivity contribution is -0.122. The summed E-state index contributed by atoms with van der Waals surface area (Å²) >= 11 is 0. The molecule has 0 fully saturated rings. The average molecular weight is 406 g/mol. The van der Waals surface area contributed by atoms with E-state index in [2.05, 4.69) is 30.9 Å². The molecule has 1 amide bonds. The summed E-state index contributed by atoms with van der Waals surface area (Å²) in [6.07, 6.45) is 2.94. The second kappa shape index (κ2) is 8.48. The number of H-pyrrole nitrogens is 1. The molecule has 0 aliphatic carbocycles. The molecule has 2 aromatic heterocycles. The van der Waals surface area contributed by atoms with E-state index in [1.807, 2.05) is 30.5 Å². The molecule has 9 heteroatoms. The number of anilines is 4. The maximum Gasteiger partial charge on any atom is 0.257 e. The van der Waals surface area contributed by atoms with Crippen LogP contribution in [0.5, 0.6) is 5.75 Å². The number of hydrogen-bond donors (Lipinski definition) is 4. The number of carbonyl (C=O) groups is 1. The Morgan fingerprint density at radius 3 is 2.87 bits per heavy atom. The zero-order valence-corrected chi connectivity index (χ0v) is 16.1. The fourth-order valence-corrected chi connectivity index (χ4v) is 2.80. The molecular formula is C21H19FN6O2. The van der Waals surface area contributed by atoms with Crippen molar-refractivity contribution in [1.82, 2.24) is 20.3 Å². The number of likely N-dealkylation sites (N-methyl/N-ethyl adjacent to an activating group) is 1. The van der Waals surface area contributed by atoms with Gasteiger partial charge in [0, 0.05) is 41.6 Å². The van der Waals surface area contributed by atoms with Gasteiger partial charge in [-0.05, 0) is 36.4 Å². The molecule has 2 aromatic carbocycles. The molecule has 4 rings (SSSR count). The van der Waals surface area contributed by atoms with Crippen molar-refractivity contribution in [3.05, 3.63) is 66.7 Å². The van der Waals surface area contributed by atoms with Gasteiger partial charge in [-0.1, -0.05) is 6.07 Å². The van der Waals surface area contributed by atoms with Gasteiger partial charge < -0.3 is 25.7 Å². The van der Waals surface area contributed by atoms with Crippen LogP contribution in [0.2, 0.25) is 0 Å². The molecule has 0 saturated carbocycles. The van der Waals surface area contributed by atoms with Crippen molar-refractivity contribution >= 4 is 40.0 Å². The van der Waals surface area contributed by atoms with E-state index in [1.54, 1.807) is 24.3 Å². The number of hydrogen-bond acceptors (Lipinski definition) is 6. The highest BCUT2D eigenvalue weighted by molar-refractivity contribution is 5.83. The molecular weight excluding hydrogens is 387 g/mol. The first-order chi connectivity index (χ1) is 14.6. The van der Waals surface area contributed by atoms with E-state index < -0.39 is 5.82 Å². The molecule has 0 bridgehead atoms. The number of nitrogens with zero attached hydrogens (tertiary/aromatic N) is 2. The summed E-state index contributed by atoms with van der Waals surface area (Å²) in [5.74, 6) is -0.0375. The Hall–Kier alpha value is -4.14. The predicted octanol–water partition coefficient (Wildman–Crippen LogP) is 3.71. The Labute approximate surface area is 171 Å². The molecule has 4 N–H and O–H groups in total. The van der Waals surface area contributed by atoms with Crippen molar-refractivity contribution in [2.45, 2.75) is 0 Å². The minimum atomic E-state index is -0.572. The smallest absolute Gasteiger partial charge is 0.257 e. The third-order valence-electron chi connectivity index (χ3n) is 4.30. The van der Waals surface area contributed by atoms with E-state index in [9.17, 15) is 9.18 Å². The van der Waals surface area contributed by atoms with Gasteiger partial charge in [-0.25, -0.2) is 9.37 Å². The monoisotopic (exact) mass is 406 g/mol. The standard InChI is InChI=1S/C21H19FN6O2/c1-23-19(29)12-30-16-4-2-3-14(10-16)27-21-25-11-17(22)20(28-21)26-15-5-6-18-13(9-15)7-8-24-18/h2-11,24H,12H2,1H3,(H,23,29)(H2,25,26,27,28). The van der Waals surface area contributed by atoms with Crippen molar-refractivity contribution in [3.63, 3.8) is 0 Å². The van der Waals surface area contributed by atoms with E-state index in [4.69, 9.17) is 4.74 Å². The van der Waals surface area contributed by atoms with Crippen molar-refractivity contribution in [2.75, 3.05) is 24.3 Å². The molecule has 0 saturated heterocycles. The van der Waals surface area contributed by atoms with Crippen LogP contribution in [0.15, 0.2) is 60.9 Å². The van der Waals surface area contributed by atoms with Crippen LogP contribution in [-0.2, 0) is 4.79 Å². The first-order valence-corrected chi connectivity index (χ1v) is 9.18. The third kappa shape index (κ3) is 4.46. The minimum absolute atomic E-state index is 0.0504. The number of fused-ring (bicyclic) bond motifs is 1. The van der Waals surface area contributed by atoms with Crippen LogP contribution >= 0.6 is 0 Å². The van der Waals surface area contributed by atoms with Crippen LogP contribution in [-0.4, -0.2) is 34.5 Å². The van der Waals surface area contributed by atoms with Gasteiger partial charge in [0.25, 0.3) is 5.91 Å². The lowest BCUT2D eigenvalue weighted by Crippen LogP contribution is -2.24. The molecule has 30 heavy (non-hydrogen) atoms. The van der Waals surface area contributed by atoms with Crippen LogP contribution in [0, 0.1) is 5.82 Å². The Balaban J connectivity index is 1.49.